The average Bonchev–Trinajstić information content (AvgIpc) is 3.25. The molecule has 0 bridgehead atoms. The Bertz CT molecular complexity index is 525. The highest BCUT2D eigenvalue weighted by molar-refractivity contribution is 7.07. The average molecular weight is 353 g/mol. The number of hydrogen-bond donors (Lipinski definition) is 0. The van der Waals surface area contributed by atoms with E-state index in [1.807, 2.05) is 21.7 Å². The van der Waals surface area contributed by atoms with Gasteiger partial charge in [0.1, 0.15) is 0 Å². The fraction of sp³-hybridized carbons (Fsp3) is 0.667. The van der Waals surface area contributed by atoms with E-state index in [2.05, 4.69) is 13.8 Å². The van der Waals surface area contributed by atoms with Crippen LogP contribution in [0.15, 0.2) is 16.8 Å². The van der Waals surface area contributed by atoms with Crippen molar-refractivity contribution in [2.75, 3.05) is 13.2 Å². The predicted octanol–water partition coefficient (Wildman–Crippen LogP) is 3.23. The van der Waals surface area contributed by atoms with Gasteiger partial charge in [-0.25, -0.2) is 4.79 Å². The first-order chi connectivity index (χ1) is 11.5. The van der Waals surface area contributed by atoms with Gasteiger partial charge < -0.3 is 14.4 Å². The summed E-state index contributed by atoms with van der Waals surface area (Å²) in [5, 5.41) is 4.04. The number of rotatable bonds is 10. The zero-order valence-corrected chi connectivity index (χ0v) is 15.5. The molecule has 0 saturated heterocycles. The van der Waals surface area contributed by atoms with E-state index in [1.165, 1.54) is 0 Å². The van der Waals surface area contributed by atoms with E-state index in [1.54, 1.807) is 18.3 Å². The Hall–Kier alpha value is -1.40. The number of carbonyl (C=O) groups is 2. The largest absolute Gasteiger partial charge is 0.454 e. The summed E-state index contributed by atoms with van der Waals surface area (Å²) in [6, 6.07) is 2.31. The molecule has 24 heavy (non-hydrogen) atoms. The van der Waals surface area contributed by atoms with Gasteiger partial charge in [-0.05, 0) is 54.5 Å². The Morgan fingerprint density at radius 1 is 1.33 bits per heavy atom. The highest BCUT2D eigenvalue weighted by Gasteiger charge is 2.33. The number of hydrogen-bond acceptors (Lipinski definition) is 5. The normalized spacial score (nSPS) is 15.3. The van der Waals surface area contributed by atoms with Crippen LogP contribution in [0.4, 0.5) is 0 Å². The number of thiophene rings is 1. The first-order valence-corrected chi connectivity index (χ1v) is 9.50. The maximum absolute atomic E-state index is 12.4. The lowest BCUT2D eigenvalue weighted by Crippen LogP contribution is -2.37. The summed E-state index contributed by atoms with van der Waals surface area (Å²) in [6.07, 6.45) is 2.31. The highest BCUT2D eigenvalue weighted by atomic mass is 32.1. The molecule has 0 aliphatic heterocycles. The highest BCUT2D eigenvalue weighted by Crippen LogP contribution is 2.28. The lowest BCUT2D eigenvalue weighted by atomic mass is 10.1. The molecule has 1 unspecified atom stereocenters. The van der Waals surface area contributed by atoms with Crippen LogP contribution in [0.2, 0.25) is 0 Å². The van der Waals surface area contributed by atoms with Gasteiger partial charge >= 0.3 is 5.97 Å². The molecule has 0 radical (unpaired) electrons. The molecule has 1 saturated carbocycles. The fourth-order valence-electron chi connectivity index (χ4n) is 2.27. The van der Waals surface area contributed by atoms with Crippen LogP contribution in [0.1, 0.15) is 45.6 Å². The zero-order chi connectivity index (χ0) is 17.5. The predicted molar refractivity (Wildman–Crippen MR) is 93.7 cm³/mol. The first kappa shape index (κ1) is 18.9. The van der Waals surface area contributed by atoms with E-state index < -0.39 is 12.1 Å². The third kappa shape index (κ3) is 6.24. The Labute approximate surface area is 147 Å². The molecule has 1 aliphatic rings. The van der Waals surface area contributed by atoms with Gasteiger partial charge in [0, 0.05) is 19.2 Å². The van der Waals surface area contributed by atoms with E-state index in [0.29, 0.717) is 19.1 Å². The van der Waals surface area contributed by atoms with Crippen LogP contribution in [-0.2, 0) is 25.6 Å². The fourth-order valence-corrected chi connectivity index (χ4v) is 2.93. The summed E-state index contributed by atoms with van der Waals surface area (Å²) >= 11 is 1.62. The standard InChI is InChI=1S/C18H27NO4S/c1-13(2)6-8-22-14(3)18(21)23-11-17(20)19(16-4-5-16)10-15-7-9-24-12-15/h7,9,12-14,16H,4-6,8,10-11H2,1-3H3. The summed E-state index contributed by atoms with van der Waals surface area (Å²) in [5.74, 6) is -0.0798. The molecule has 1 fully saturated rings. The third-order valence-electron chi connectivity index (χ3n) is 3.97. The molecule has 0 N–H and O–H groups in total. The van der Waals surface area contributed by atoms with Gasteiger partial charge in [0.2, 0.25) is 0 Å². The van der Waals surface area contributed by atoms with Crippen LogP contribution >= 0.6 is 11.3 Å². The van der Waals surface area contributed by atoms with Gasteiger partial charge in [0.25, 0.3) is 5.91 Å². The Balaban J connectivity index is 1.74. The minimum Gasteiger partial charge on any atom is -0.454 e. The van der Waals surface area contributed by atoms with Crippen LogP contribution in [-0.4, -0.2) is 42.1 Å². The molecule has 1 heterocycles. The number of ether oxygens (including phenoxy) is 2. The maximum atomic E-state index is 12.4. The first-order valence-electron chi connectivity index (χ1n) is 8.56. The van der Waals surface area contributed by atoms with Crippen LogP contribution in [0, 0.1) is 5.92 Å². The number of carbonyl (C=O) groups excluding carboxylic acids is 2. The lowest BCUT2D eigenvalue weighted by molar-refractivity contribution is -0.161. The van der Waals surface area contributed by atoms with Gasteiger partial charge in [0.15, 0.2) is 12.7 Å². The summed E-state index contributed by atoms with van der Waals surface area (Å²) in [4.78, 5) is 26.1. The summed E-state index contributed by atoms with van der Waals surface area (Å²) < 4.78 is 10.6. The molecule has 0 spiro atoms. The van der Waals surface area contributed by atoms with Crippen molar-refractivity contribution in [3.63, 3.8) is 0 Å². The minimum atomic E-state index is -0.636. The topological polar surface area (TPSA) is 55.8 Å². The lowest BCUT2D eigenvalue weighted by Gasteiger charge is -2.22. The molecular weight excluding hydrogens is 326 g/mol. The molecular formula is C18H27NO4S. The number of esters is 1. The van der Waals surface area contributed by atoms with Gasteiger partial charge in [-0.2, -0.15) is 11.3 Å². The molecule has 2 rings (SSSR count). The molecule has 1 aromatic rings. The second-order valence-corrected chi connectivity index (χ2v) is 7.47. The van der Waals surface area contributed by atoms with Crippen molar-refractivity contribution < 1.29 is 19.1 Å². The molecule has 134 valence electrons. The summed E-state index contributed by atoms with van der Waals surface area (Å²) in [6.45, 7) is 6.77. The molecule has 1 atom stereocenters. The SMILES string of the molecule is CC(C)CCOC(C)C(=O)OCC(=O)N(Cc1ccsc1)C1CC1. The quantitative estimate of drug-likeness (QED) is 0.606. The van der Waals surface area contributed by atoms with Crippen LogP contribution < -0.4 is 0 Å². The Kier molecular flexibility index (Phi) is 7.24. The minimum absolute atomic E-state index is 0.133. The van der Waals surface area contributed by atoms with E-state index in [4.69, 9.17) is 9.47 Å². The van der Waals surface area contributed by atoms with E-state index in [-0.39, 0.29) is 18.6 Å². The van der Waals surface area contributed by atoms with Crippen molar-refractivity contribution in [3.8, 4) is 0 Å². The van der Waals surface area contributed by atoms with Crippen molar-refractivity contribution in [1.29, 1.82) is 0 Å². The van der Waals surface area contributed by atoms with E-state index in [9.17, 15) is 9.59 Å². The molecule has 5 nitrogen and oxygen atoms in total. The van der Waals surface area contributed by atoms with Gasteiger partial charge in [0.05, 0.1) is 0 Å². The van der Waals surface area contributed by atoms with E-state index >= 15 is 0 Å². The van der Waals surface area contributed by atoms with Crippen molar-refractivity contribution >= 4 is 23.2 Å². The van der Waals surface area contributed by atoms with E-state index in [0.717, 1.165) is 24.8 Å². The van der Waals surface area contributed by atoms with Crippen LogP contribution in [0.5, 0.6) is 0 Å². The van der Waals surface area contributed by atoms with Crippen molar-refractivity contribution in [2.24, 2.45) is 5.92 Å². The Morgan fingerprint density at radius 2 is 2.08 bits per heavy atom. The van der Waals surface area contributed by atoms with Crippen molar-refractivity contribution in [1.82, 2.24) is 4.90 Å². The molecule has 1 amide bonds. The zero-order valence-electron chi connectivity index (χ0n) is 14.7. The second-order valence-electron chi connectivity index (χ2n) is 6.69. The monoisotopic (exact) mass is 353 g/mol. The molecule has 1 aromatic heterocycles. The molecule has 1 aliphatic carbocycles. The molecule has 6 heteroatoms. The summed E-state index contributed by atoms with van der Waals surface area (Å²) in [5.41, 5.74) is 1.12. The third-order valence-corrected chi connectivity index (χ3v) is 4.71. The molecule has 0 aromatic carbocycles. The van der Waals surface area contributed by atoms with Crippen molar-refractivity contribution in [2.45, 2.75) is 58.7 Å². The Morgan fingerprint density at radius 3 is 2.67 bits per heavy atom. The second kappa shape index (κ2) is 9.18. The van der Waals surface area contributed by atoms with Crippen molar-refractivity contribution in [3.05, 3.63) is 22.4 Å². The number of nitrogens with zero attached hydrogens (tertiary/aromatic N) is 1. The maximum Gasteiger partial charge on any atom is 0.335 e. The van der Waals surface area contributed by atoms with Gasteiger partial charge in [-0.15, -0.1) is 0 Å². The summed E-state index contributed by atoms with van der Waals surface area (Å²) in [7, 11) is 0. The smallest absolute Gasteiger partial charge is 0.335 e. The van der Waals surface area contributed by atoms with Crippen LogP contribution in [0.25, 0.3) is 0 Å². The number of amides is 1. The van der Waals surface area contributed by atoms with Crippen LogP contribution in [0.3, 0.4) is 0 Å². The van der Waals surface area contributed by atoms with Gasteiger partial charge in [-0.1, -0.05) is 13.8 Å². The van der Waals surface area contributed by atoms with Gasteiger partial charge in [-0.3, -0.25) is 4.79 Å².